The van der Waals surface area contributed by atoms with E-state index in [0.29, 0.717) is 5.69 Å². The highest BCUT2D eigenvalue weighted by atomic mass is 16.2. The second-order valence-corrected chi connectivity index (χ2v) is 4.90. The number of aromatic nitrogens is 2. The summed E-state index contributed by atoms with van der Waals surface area (Å²) in [6.45, 7) is 0.0568. The van der Waals surface area contributed by atoms with Gasteiger partial charge in [0, 0.05) is 12.2 Å². The highest BCUT2D eigenvalue weighted by Crippen LogP contribution is 2.23. The monoisotopic (exact) mass is 265 g/mol. The molecule has 0 aliphatic heterocycles. The first-order valence-electron chi connectivity index (χ1n) is 6.42. The zero-order valence-electron chi connectivity index (χ0n) is 10.8. The zero-order valence-corrected chi connectivity index (χ0v) is 10.8. The molecule has 2 amide bonds. The van der Waals surface area contributed by atoms with Crippen molar-refractivity contribution in [2.45, 2.75) is 38.3 Å². The van der Waals surface area contributed by atoms with E-state index in [1.54, 1.807) is 11.1 Å². The Kier molecular flexibility index (Phi) is 4.03. The van der Waals surface area contributed by atoms with Gasteiger partial charge in [-0.2, -0.15) is 5.10 Å². The van der Waals surface area contributed by atoms with Crippen molar-refractivity contribution in [3.05, 3.63) is 12.4 Å². The van der Waals surface area contributed by atoms with E-state index in [1.807, 2.05) is 0 Å². The van der Waals surface area contributed by atoms with Crippen molar-refractivity contribution in [2.24, 2.45) is 5.73 Å². The summed E-state index contributed by atoms with van der Waals surface area (Å²) in [5.74, 6) is -0.631. The molecule has 1 saturated carbocycles. The molecule has 0 atom stereocenters. The first kappa shape index (κ1) is 13.4. The van der Waals surface area contributed by atoms with Gasteiger partial charge in [0.2, 0.25) is 11.8 Å². The van der Waals surface area contributed by atoms with E-state index in [2.05, 4.69) is 5.10 Å². The summed E-state index contributed by atoms with van der Waals surface area (Å²) < 4.78 is 1.47. The average Bonchev–Trinajstić information content (AvgIpc) is 2.97. The summed E-state index contributed by atoms with van der Waals surface area (Å²) in [5, 5.41) is 3.97. The van der Waals surface area contributed by atoms with Crippen LogP contribution in [-0.4, -0.2) is 39.1 Å². The van der Waals surface area contributed by atoms with Gasteiger partial charge in [0.15, 0.2) is 0 Å². The Morgan fingerprint density at radius 2 is 2.11 bits per heavy atom. The molecule has 7 heteroatoms. The summed E-state index contributed by atoms with van der Waals surface area (Å²) in [6, 6.07) is 0.118. The van der Waals surface area contributed by atoms with Gasteiger partial charge in [0.05, 0.1) is 18.4 Å². The number of anilines is 1. The number of nitrogens with two attached hydrogens (primary N) is 2. The standard InChI is InChI=1S/C12H19N5O2/c13-9-5-15-16(6-9)8-12(19)17(7-11(14)18)10-3-1-2-4-10/h5-6,10H,1-4,7-8,13H2,(H2,14,18). The summed E-state index contributed by atoms with van der Waals surface area (Å²) in [6.07, 6.45) is 7.11. The summed E-state index contributed by atoms with van der Waals surface area (Å²) >= 11 is 0. The van der Waals surface area contributed by atoms with Crippen molar-refractivity contribution in [1.82, 2.24) is 14.7 Å². The van der Waals surface area contributed by atoms with E-state index in [1.165, 1.54) is 10.9 Å². The Labute approximate surface area is 111 Å². The second kappa shape index (κ2) is 5.73. The van der Waals surface area contributed by atoms with Crippen LogP contribution >= 0.6 is 0 Å². The van der Waals surface area contributed by atoms with Gasteiger partial charge in [-0.1, -0.05) is 12.8 Å². The molecule has 0 spiro atoms. The van der Waals surface area contributed by atoms with Crippen LogP contribution in [0.4, 0.5) is 5.69 Å². The molecular formula is C12H19N5O2. The lowest BCUT2D eigenvalue weighted by atomic mass is 10.2. The van der Waals surface area contributed by atoms with E-state index in [4.69, 9.17) is 11.5 Å². The van der Waals surface area contributed by atoms with E-state index in [0.717, 1.165) is 25.7 Å². The predicted octanol–water partition coefficient (Wildman–Crippen LogP) is -0.278. The molecule has 1 aromatic heterocycles. The number of hydrogen-bond acceptors (Lipinski definition) is 4. The predicted molar refractivity (Wildman–Crippen MR) is 69.8 cm³/mol. The summed E-state index contributed by atoms with van der Waals surface area (Å²) in [4.78, 5) is 25.0. The maximum atomic E-state index is 12.3. The molecule has 0 bridgehead atoms. The number of carbonyl (C=O) groups excluding carboxylic acids is 2. The lowest BCUT2D eigenvalue weighted by Crippen LogP contribution is -2.45. The van der Waals surface area contributed by atoms with E-state index in [9.17, 15) is 9.59 Å². The molecule has 1 heterocycles. The minimum atomic E-state index is -0.486. The number of rotatable bonds is 5. The van der Waals surface area contributed by atoms with Crippen LogP contribution in [0, 0.1) is 0 Å². The molecule has 0 aromatic carbocycles. The highest BCUT2D eigenvalue weighted by molar-refractivity contribution is 5.84. The molecule has 1 aromatic rings. The van der Waals surface area contributed by atoms with Crippen molar-refractivity contribution in [3.8, 4) is 0 Å². The molecule has 1 aliphatic rings. The van der Waals surface area contributed by atoms with Crippen LogP contribution in [-0.2, 0) is 16.1 Å². The number of hydrogen-bond donors (Lipinski definition) is 2. The van der Waals surface area contributed by atoms with Crippen LogP contribution in [0.2, 0.25) is 0 Å². The lowest BCUT2D eigenvalue weighted by molar-refractivity contribution is -0.138. The fraction of sp³-hybridized carbons (Fsp3) is 0.583. The highest BCUT2D eigenvalue weighted by Gasteiger charge is 2.27. The van der Waals surface area contributed by atoms with Gasteiger partial charge in [-0.15, -0.1) is 0 Å². The molecule has 0 unspecified atom stereocenters. The Bertz CT molecular complexity index is 464. The van der Waals surface area contributed by atoms with Crippen molar-refractivity contribution in [2.75, 3.05) is 12.3 Å². The van der Waals surface area contributed by atoms with Gasteiger partial charge < -0.3 is 16.4 Å². The Morgan fingerprint density at radius 1 is 1.42 bits per heavy atom. The summed E-state index contributed by atoms with van der Waals surface area (Å²) in [5.41, 5.74) is 11.3. The molecule has 1 aliphatic carbocycles. The third kappa shape index (κ3) is 3.46. The van der Waals surface area contributed by atoms with Crippen LogP contribution in [0.3, 0.4) is 0 Å². The molecule has 7 nitrogen and oxygen atoms in total. The van der Waals surface area contributed by atoms with Gasteiger partial charge in [0.1, 0.15) is 6.54 Å². The zero-order chi connectivity index (χ0) is 13.8. The van der Waals surface area contributed by atoms with Crippen LogP contribution in [0.5, 0.6) is 0 Å². The third-order valence-electron chi connectivity index (χ3n) is 3.36. The van der Waals surface area contributed by atoms with Gasteiger partial charge in [0.25, 0.3) is 0 Å². The molecule has 0 radical (unpaired) electrons. The first-order chi connectivity index (χ1) is 9.06. The van der Waals surface area contributed by atoms with Gasteiger partial charge >= 0.3 is 0 Å². The Balaban J connectivity index is 2.04. The minimum absolute atomic E-state index is 0.0275. The number of nitrogen functional groups attached to an aromatic ring is 1. The van der Waals surface area contributed by atoms with E-state index in [-0.39, 0.29) is 25.0 Å². The minimum Gasteiger partial charge on any atom is -0.396 e. The number of nitrogens with zero attached hydrogens (tertiary/aromatic N) is 3. The number of amides is 2. The first-order valence-corrected chi connectivity index (χ1v) is 6.42. The number of carbonyl (C=O) groups is 2. The maximum absolute atomic E-state index is 12.3. The number of primary amides is 1. The SMILES string of the molecule is NC(=O)CN(C(=O)Cn1cc(N)cn1)C1CCCC1. The topological polar surface area (TPSA) is 107 Å². The fourth-order valence-electron chi connectivity index (χ4n) is 2.50. The molecule has 1 fully saturated rings. The quantitative estimate of drug-likeness (QED) is 0.763. The largest absolute Gasteiger partial charge is 0.396 e. The normalized spacial score (nSPS) is 15.6. The molecule has 0 saturated heterocycles. The van der Waals surface area contributed by atoms with Gasteiger partial charge in [-0.25, -0.2) is 0 Å². The van der Waals surface area contributed by atoms with Crippen molar-refractivity contribution < 1.29 is 9.59 Å². The molecule has 19 heavy (non-hydrogen) atoms. The van der Waals surface area contributed by atoms with E-state index >= 15 is 0 Å². The van der Waals surface area contributed by atoms with E-state index < -0.39 is 5.91 Å². The molecular weight excluding hydrogens is 246 g/mol. The van der Waals surface area contributed by atoms with Gasteiger partial charge in [-0.05, 0) is 12.8 Å². The maximum Gasteiger partial charge on any atom is 0.245 e. The third-order valence-corrected chi connectivity index (χ3v) is 3.36. The Hall–Kier alpha value is -2.05. The van der Waals surface area contributed by atoms with Crippen LogP contribution in [0.25, 0.3) is 0 Å². The van der Waals surface area contributed by atoms with Crippen LogP contribution < -0.4 is 11.5 Å². The van der Waals surface area contributed by atoms with Crippen LogP contribution in [0.1, 0.15) is 25.7 Å². The fourth-order valence-corrected chi connectivity index (χ4v) is 2.50. The van der Waals surface area contributed by atoms with Crippen molar-refractivity contribution in [3.63, 3.8) is 0 Å². The lowest BCUT2D eigenvalue weighted by Gasteiger charge is -2.27. The second-order valence-electron chi connectivity index (χ2n) is 4.90. The van der Waals surface area contributed by atoms with Crippen molar-refractivity contribution in [1.29, 1.82) is 0 Å². The smallest absolute Gasteiger partial charge is 0.245 e. The van der Waals surface area contributed by atoms with Gasteiger partial charge in [-0.3, -0.25) is 14.3 Å². The summed E-state index contributed by atoms with van der Waals surface area (Å²) in [7, 11) is 0. The van der Waals surface area contributed by atoms with Crippen LogP contribution in [0.15, 0.2) is 12.4 Å². The molecule has 2 rings (SSSR count). The Morgan fingerprint density at radius 3 is 2.63 bits per heavy atom. The molecule has 104 valence electrons. The molecule has 4 N–H and O–H groups in total. The van der Waals surface area contributed by atoms with Crippen molar-refractivity contribution >= 4 is 17.5 Å². The average molecular weight is 265 g/mol.